The van der Waals surface area contributed by atoms with Crippen LogP contribution in [0.5, 0.6) is 0 Å². The summed E-state index contributed by atoms with van der Waals surface area (Å²) in [6.07, 6.45) is 0. The summed E-state index contributed by atoms with van der Waals surface area (Å²) in [5.74, 6) is 0. The van der Waals surface area contributed by atoms with Crippen molar-refractivity contribution in [2.75, 3.05) is 4.90 Å². The number of para-hydroxylation sites is 2. The lowest BCUT2D eigenvalue weighted by Gasteiger charge is -2.27. The molecule has 2 nitrogen and oxygen atoms in total. The number of benzene rings is 10. The molecule has 0 spiro atoms. The topological polar surface area (TPSA) is 16.4 Å². The molecule has 0 atom stereocenters. The predicted octanol–water partition coefficient (Wildman–Crippen LogP) is 16.7. The third-order valence-electron chi connectivity index (χ3n) is 11.8. The smallest absolute Gasteiger partial charge is 0.143 e. The highest BCUT2D eigenvalue weighted by Crippen LogP contribution is 2.45. The van der Waals surface area contributed by atoms with Gasteiger partial charge in [-0.2, -0.15) is 0 Å². The number of thiophene rings is 1. The molecular weight excluding hydrogens is 735 g/mol. The third kappa shape index (κ3) is 5.55. The van der Waals surface area contributed by atoms with Gasteiger partial charge in [0.15, 0.2) is 0 Å². The Kier molecular flexibility index (Phi) is 7.75. The number of fused-ring (bicyclic) bond motifs is 9. The van der Waals surface area contributed by atoms with Gasteiger partial charge in [-0.15, -0.1) is 11.3 Å². The van der Waals surface area contributed by atoms with Gasteiger partial charge in [-0.25, -0.2) is 0 Å². The van der Waals surface area contributed by atoms with Crippen LogP contribution in [0.25, 0.3) is 97.0 Å². The molecule has 0 aliphatic heterocycles. The molecule has 2 aromatic heterocycles. The summed E-state index contributed by atoms with van der Waals surface area (Å²) in [7, 11) is 0. The summed E-state index contributed by atoms with van der Waals surface area (Å²) in [4.78, 5) is 2.41. The van der Waals surface area contributed by atoms with Crippen molar-refractivity contribution in [3.8, 4) is 33.4 Å². The fraction of sp³-hybridized carbons (Fsp3) is 0. The Morgan fingerprint density at radius 1 is 0.339 bits per heavy atom. The molecule has 276 valence electrons. The van der Waals surface area contributed by atoms with Gasteiger partial charge in [-0.05, 0) is 104 Å². The van der Waals surface area contributed by atoms with Gasteiger partial charge in [0.05, 0.1) is 0 Å². The van der Waals surface area contributed by atoms with E-state index in [4.69, 9.17) is 4.42 Å². The zero-order chi connectivity index (χ0) is 38.9. The fourth-order valence-corrected chi connectivity index (χ4v) is 10.3. The molecule has 0 unspecified atom stereocenters. The normalized spacial score (nSPS) is 11.7. The van der Waals surface area contributed by atoms with Crippen LogP contribution in [-0.4, -0.2) is 0 Å². The lowest BCUT2D eigenvalue weighted by molar-refractivity contribution is 0.670. The van der Waals surface area contributed by atoms with Crippen molar-refractivity contribution in [2.45, 2.75) is 0 Å². The van der Waals surface area contributed by atoms with E-state index in [0.29, 0.717) is 0 Å². The average Bonchev–Trinajstić information content (AvgIpc) is 3.88. The van der Waals surface area contributed by atoms with Gasteiger partial charge in [-0.3, -0.25) is 0 Å². The first kappa shape index (κ1) is 33.7. The van der Waals surface area contributed by atoms with E-state index < -0.39 is 0 Å². The molecule has 0 fully saturated rings. The first-order valence-electron chi connectivity index (χ1n) is 20.1. The molecular formula is C56H35NOS. The molecule has 59 heavy (non-hydrogen) atoms. The minimum Gasteiger partial charge on any atom is -0.455 e. The molecule has 3 heteroatoms. The van der Waals surface area contributed by atoms with Gasteiger partial charge in [0.25, 0.3) is 0 Å². The highest BCUT2D eigenvalue weighted by Gasteiger charge is 2.19. The van der Waals surface area contributed by atoms with E-state index in [1.54, 1.807) is 0 Å². The molecule has 0 saturated carbocycles. The molecule has 12 aromatic rings. The van der Waals surface area contributed by atoms with Crippen molar-refractivity contribution in [3.63, 3.8) is 0 Å². The average molecular weight is 770 g/mol. The maximum Gasteiger partial charge on any atom is 0.143 e. The van der Waals surface area contributed by atoms with E-state index >= 15 is 0 Å². The van der Waals surface area contributed by atoms with Crippen LogP contribution in [0.2, 0.25) is 0 Å². The number of nitrogens with zero attached hydrogens (tertiary/aromatic N) is 1. The summed E-state index contributed by atoms with van der Waals surface area (Å²) in [5, 5.41) is 9.81. The Bertz CT molecular complexity index is 3580. The summed E-state index contributed by atoms with van der Waals surface area (Å²) >= 11 is 1.87. The molecule has 0 amide bonds. The van der Waals surface area contributed by atoms with Crippen LogP contribution in [0.1, 0.15) is 0 Å². The first-order chi connectivity index (χ1) is 29.2. The largest absolute Gasteiger partial charge is 0.455 e. The zero-order valence-corrected chi connectivity index (χ0v) is 32.8. The van der Waals surface area contributed by atoms with Gasteiger partial charge in [0.1, 0.15) is 11.2 Å². The third-order valence-corrected chi connectivity index (χ3v) is 13.0. The highest BCUT2D eigenvalue weighted by atomic mass is 32.1. The Morgan fingerprint density at radius 3 is 1.86 bits per heavy atom. The molecule has 0 bridgehead atoms. The van der Waals surface area contributed by atoms with Gasteiger partial charge >= 0.3 is 0 Å². The second-order valence-electron chi connectivity index (χ2n) is 15.2. The predicted molar refractivity (Wildman–Crippen MR) is 253 cm³/mol. The Hall–Kier alpha value is -7.46. The number of rotatable bonds is 6. The summed E-state index contributed by atoms with van der Waals surface area (Å²) in [6, 6.07) is 77.0. The van der Waals surface area contributed by atoms with E-state index in [2.05, 4.69) is 211 Å². The number of hydrogen-bond donors (Lipinski definition) is 0. The van der Waals surface area contributed by atoms with Gasteiger partial charge in [-0.1, -0.05) is 158 Å². The van der Waals surface area contributed by atoms with Crippen molar-refractivity contribution in [2.24, 2.45) is 0 Å². The van der Waals surface area contributed by atoms with Crippen LogP contribution in [0.4, 0.5) is 17.1 Å². The zero-order valence-electron chi connectivity index (χ0n) is 32.0. The molecule has 0 N–H and O–H groups in total. The highest BCUT2D eigenvalue weighted by molar-refractivity contribution is 7.26. The van der Waals surface area contributed by atoms with Crippen molar-refractivity contribution in [1.82, 2.24) is 0 Å². The number of anilines is 3. The maximum absolute atomic E-state index is 6.52. The minimum absolute atomic E-state index is 0.907. The minimum atomic E-state index is 0.907. The molecule has 0 radical (unpaired) electrons. The van der Waals surface area contributed by atoms with Crippen molar-refractivity contribution >= 4 is 92.1 Å². The van der Waals surface area contributed by atoms with Crippen molar-refractivity contribution in [3.05, 3.63) is 212 Å². The van der Waals surface area contributed by atoms with Crippen LogP contribution in [0.3, 0.4) is 0 Å². The maximum atomic E-state index is 6.52. The SMILES string of the molecule is c1ccc(-c2cccc(N(c3cccc(-c4cccc5ccc6sc7ccccc7c6c45)c3)c3ccc4c(-c5cccc6c5oc5ccccc56)cccc4c3)c2)cc1. The van der Waals surface area contributed by atoms with Gasteiger partial charge in [0, 0.05) is 53.6 Å². The second-order valence-corrected chi connectivity index (χ2v) is 16.3. The number of furan rings is 1. The monoisotopic (exact) mass is 769 g/mol. The fourth-order valence-electron chi connectivity index (χ4n) is 9.15. The molecule has 0 aliphatic rings. The summed E-state index contributed by atoms with van der Waals surface area (Å²) in [6.45, 7) is 0. The van der Waals surface area contributed by atoms with Crippen LogP contribution < -0.4 is 4.90 Å². The van der Waals surface area contributed by atoms with Crippen LogP contribution in [-0.2, 0) is 0 Å². The molecule has 10 aromatic carbocycles. The van der Waals surface area contributed by atoms with Crippen LogP contribution in [0.15, 0.2) is 217 Å². The Balaban J connectivity index is 1.05. The van der Waals surface area contributed by atoms with Crippen LogP contribution in [0, 0.1) is 0 Å². The second kappa shape index (κ2) is 13.6. The van der Waals surface area contributed by atoms with Crippen LogP contribution >= 0.6 is 11.3 Å². The van der Waals surface area contributed by atoms with E-state index in [1.807, 2.05) is 17.4 Å². The van der Waals surface area contributed by atoms with Gasteiger partial charge < -0.3 is 9.32 Å². The van der Waals surface area contributed by atoms with Crippen molar-refractivity contribution in [1.29, 1.82) is 0 Å². The Labute approximate surface area is 345 Å². The lowest BCUT2D eigenvalue weighted by atomic mass is 9.94. The van der Waals surface area contributed by atoms with E-state index in [0.717, 1.165) is 55.5 Å². The first-order valence-corrected chi connectivity index (χ1v) is 20.9. The quantitative estimate of drug-likeness (QED) is 0.167. The molecule has 2 heterocycles. The van der Waals surface area contributed by atoms with Gasteiger partial charge in [0.2, 0.25) is 0 Å². The standard InChI is InChI=1S/C56H35NOS/c1-2-13-36(14-3-1)38-16-8-19-41(33-38)57(42-20-9-17-40(35-42)45-23-10-15-37-29-32-53-55(54(37)45)50-22-5-7-28-52(50)59-53)43-30-31-44-39(34-43)18-11-24-46(44)48-25-12-26-49-47-21-4-6-27-51(47)58-56(48)49/h1-35H. The molecule has 0 aliphatic carbocycles. The molecule has 12 rings (SSSR count). The lowest BCUT2D eigenvalue weighted by Crippen LogP contribution is -2.10. The number of hydrogen-bond acceptors (Lipinski definition) is 3. The Morgan fingerprint density at radius 2 is 0.983 bits per heavy atom. The van der Waals surface area contributed by atoms with Crippen molar-refractivity contribution < 1.29 is 4.42 Å². The van der Waals surface area contributed by atoms with E-state index in [-0.39, 0.29) is 0 Å². The van der Waals surface area contributed by atoms with E-state index in [1.165, 1.54) is 58.6 Å². The van der Waals surface area contributed by atoms with E-state index in [9.17, 15) is 0 Å². The summed E-state index contributed by atoms with van der Waals surface area (Å²) < 4.78 is 9.15. The summed E-state index contributed by atoms with van der Waals surface area (Å²) in [5.41, 5.74) is 12.1. The molecule has 0 saturated heterocycles.